The molecule has 0 radical (unpaired) electrons. The van der Waals surface area contributed by atoms with Crippen molar-refractivity contribution in [1.29, 1.82) is 0 Å². The number of ether oxygens (including phenoxy) is 2. The minimum absolute atomic E-state index is 0.0401. The first-order valence-corrected chi connectivity index (χ1v) is 13.6. The SMILES string of the molecule is C=CCN(c1ccc(OC)cc1)S(=O)(=O)c1ccc(Cl)c(C(=O)O[C@H](C)C(=O)Nc2ccc(Cl)cc2Cl)c1. The molecule has 8 nitrogen and oxygen atoms in total. The van der Waals surface area contributed by atoms with Crippen LogP contribution in [0.1, 0.15) is 17.3 Å². The van der Waals surface area contributed by atoms with Crippen LogP contribution in [0.4, 0.5) is 11.4 Å². The van der Waals surface area contributed by atoms with Gasteiger partial charge in [-0.1, -0.05) is 40.9 Å². The van der Waals surface area contributed by atoms with Gasteiger partial charge in [-0.3, -0.25) is 9.10 Å². The number of nitrogens with zero attached hydrogens (tertiary/aromatic N) is 1. The number of carbonyl (C=O) groups is 2. The molecule has 3 aromatic carbocycles. The van der Waals surface area contributed by atoms with Gasteiger partial charge in [-0.2, -0.15) is 0 Å². The second kappa shape index (κ2) is 12.5. The second-order valence-electron chi connectivity index (χ2n) is 7.83. The van der Waals surface area contributed by atoms with Crippen molar-refractivity contribution in [2.75, 3.05) is 23.3 Å². The van der Waals surface area contributed by atoms with Gasteiger partial charge in [0.2, 0.25) is 0 Å². The number of halogens is 3. The van der Waals surface area contributed by atoms with E-state index in [-0.39, 0.29) is 32.7 Å². The van der Waals surface area contributed by atoms with E-state index < -0.39 is 28.0 Å². The zero-order valence-electron chi connectivity index (χ0n) is 20.3. The molecular formula is C26H23Cl3N2O6S. The Morgan fingerprint density at radius 1 is 1.03 bits per heavy atom. The van der Waals surface area contributed by atoms with Gasteiger partial charge in [0.15, 0.2) is 6.10 Å². The molecule has 1 N–H and O–H groups in total. The van der Waals surface area contributed by atoms with Crippen LogP contribution in [0.2, 0.25) is 15.1 Å². The summed E-state index contributed by atoms with van der Waals surface area (Å²) in [4.78, 5) is 25.2. The summed E-state index contributed by atoms with van der Waals surface area (Å²) in [5.41, 5.74) is 0.400. The molecule has 0 bridgehead atoms. The lowest BCUT2D eigenvalue weighted by molar-refractivity contribution is -0.123. The number of benzene rings is 3. The maximum absolute atomic E-state index is 13.5. The summed E-state index contributed by atoms with van der Waals surface area (Å²) in [6.07, 6.45) is 0.169. The molecule has 0 saturated heterocycles. The van der Waals surface area contributed by atoms with Crippen LogP contribution in [0.25, 0.3) is 0 Å². The average molecular weight is 598 g/mol. The Morgan fingerprint density at radius 2 is 1.71 bits per heavy atom. The number of anilines is 2. The summed E-state index contributed by atoms with van der Waals surface area (Å²) in [5, 5.41) is 3.07. The first kappa shape index (κ1) is 29.3. The number of sulfonamides is 1. The zero-order valence-corrected chi connectivity index (χ0v) is 23.4. The molecule has 200 valence electrons. The Morgan fingerprint density at radius 3 is 2.32 bits per heavy atom. The van der Waals surface area contributed by atoms with E-state index in [0.717, 1.165) is 10.4 Å². The van der Waals surface area contributed by atoms with Crippen LogP contribution in [0.15, 0.2) is 78.2 Å². The van der Waals surface area contributed by atoms with Gasteiger partial charge in [0.05, 0.1) is 45.5 Å². The molecule has 1 atom stereocenters. The third-order valence-corrected chi connectivity index (χ3v) is 7.91. The fraction of sp³-hybridized carbons (Fsp3) is 0.154. The Balaban J connectivity index is 1.84. The summed E-state index contributed by atoms with van der Waals surface area (Å²) in [6.45, 7) is 4.94. The predicted octanol–water partition coefficient (Wildman–Crippen LogP) is 6.22. The minimum Gasteiger partial charge on any atom is -0.497 e. The topological polar surface area (TPSA) is 102 Å². The summed E-state index contributed by atoms with van der Waals surface area (Å²) >= 11 is 18.1. The van der Waals surface area contributed by atoms with E-state index >= 15 is 0 Å². The van der Waals surface area contributed by atoms with Crippen molar-refractivity contribution in [1.82, 2.24) is 0 Å². The van der Waals surface area contributed by atoms with E-state index in [1.54, 1.807) is 24.3 Å². The summed E-state index contributed by atoms with van der Waals surface area (Å²) in [6, 6.07) is 14.5. The third kappa shape index (κ3) is 6.79. The lowest BCUT2D eigenvalue weighted by Crippen LogP contribution is -2.32. The maximum atomic E-state index is 13.5. The quantitative estimate of drug-likeness (QED) is 0.220. The van der Waals surface area contributed by atoms with Crippen molar-refractivity contribution >= 4 is 68.1 Å². The van der Waals surface area contributed by atoms with Crippen molar-refractivity contribution in [3.63, 3.8) is 0 Å². The summed E-state index contributed by atoms with van der Waals surface area (Å²) < 4.78 is 38.5. The number of esters is 1. The highest BCUT2D eigenvalue weighted by molar-refractivity contribution is 7.92. The number of methoxy groups -OCH3 is 1. The molecule has 3 aromatic rings. The van der Waals surface area contributed by atoms with Crippen LogP contribution in [-0.4, -0.2) is 40.1 Å². The first-order chi connectivity index (χ1) is 18.0. The average Bonchev–Trinajstić information content (AvgIpc) is 2.88. The molecule has 0 fully saturated rings. The van der Waals surface area contributed by atoms with Gasteiger partial charge in [0.25, 0.3) is 15.9 Å². The van der Waals surface area contributed by atoms with Gasteiger partial charge in [-0.05, 0) is 67.6 Å². The van der Waals surface area contributed by atoms with Gasteiger partial charge >= 0.3 is 5.97 Å². The van der Waals surface area contributed by atoms with Crippen molar-refractivity contribution in [2.45, 2.75) is 17.9 Å². The van der Waals surface area contributed by atoms with Gasteiger partial charge in [-0.25, -0.2) is 13.2 Å². The molecular weight excluding hydrogens is 575 g/mol. The number of hydrogen-bond donors (Lipinski definition) is 1. The van der Waals surface area contributed by atoms with E-state index in [9.17, 15) is 18.0 Å². The summed E-state index contributed by atoms with van der Waals surface area (Å²) in [7, 11) is -2.65. The minimum atomic E-state index is -4.15. The maximum Gasteiger partial charge on any atom is 0.340 e. The van der Waals surface area contributed by atoms with E-state index in [0.29, 0.717) is 16.5 Å². The van der Waals surface area contributed by atoms with Crippen LogP contribution >= 0.6 is 34.8 Å². The Hall–Kier alpha value is -3.24. The highest BCUT2D eigenvalue weighted by Gasteiger charge is 2.28. The highest BCUT2D eigenvalue weighted by atomic mass is 35.5. The molecule has 3 rings (SSSR count). The van der Waals surface area contributed by atoms with Crippen molar-refractivity contribution in [3.05, 3.63) is 93.9 Å². The number of amides is 1. The monoisotopic (exact) mass is 596 g/mol. The standard InChI is InChI=1S/C26H23Cl3N2O6S/c1-4-13-31(18-6-8-19(36-3)9-7-18)38(34,35)20-10-11-22(28)21(15-20)26(33)37-16(2)25(32)30-24-12-5-17(27)14-23(24)29/h4-12,14-16H,1,13H2,2-3H3,(H,30,32)/t16-/m1/s1. The largest absolute Gasteiger partial charge is 0.497 e. The molecule has 0 aliphatic rings. The van der Waals surface area contributed by atoms with Gasteiger partial charge in [0, 0.05) is 5.02 Å². The first-order valence-electron chi connectivity index (χ1n) is 11.0. The molecule has 0 heterocycles. The molecule has 0 unspecified atom stereocenters. The Bertz CT molecular complexity index is 1460. The number of carbonyl (C=O) groups excluding carboxylic acids is 2. The molecule has 12 heteroatoms. The Kier molecular flexibility index (Phi) is 9.67. The fourth-order valence-electron chi connectivity index (χ4n) is 3.26. The van der Waals surface area contributed by atoms with E-state index in [4.69, 9.17) is 44.3 Å². The van der Waals surface area contributed by atoms with E-state index in [2.05, 4.69) is 11.9 Å². The van der Waals surface area contributed by atoms with E-state index in [1.807, 2.05) is 0 Å². The fourth-order valence-corrected chi connectivity index (χ4v) is 5.37. The highest BCUT2D eigenvalue weighted by Crippen LogP contribution is 2.29. The number of nitrogens with one attached hydrogen (secondary N) is 1. The van der Waals surface area contributed by atoms with Gasteiger partial charge in [0.1, 0.15) is 5.75 Å². The molecule has 38 heavy (non-hydrogen) atoms. The van der Waals surface area contributed by atoms with Crippen LogP contribution in [0.3, 0.4) is 0 Å². The van der Waals surface area contributed by atoms with Crippen LogP contribution in [-0.2, 0) is 19.6 Å². The lowest BCUT2D eigenvalue weighted by Gasteiger charge is -2.24. The lowest BCUT2D eigenvalue weighted by atomic mass is 10.2. The van der Waals surface area contributed by atoms with Crippen molar-refractivity contribution < 1.29 is 27.5 Å². The molecule has 0 spiro atoms. The van der Waals surface area contributed by atoms with Crippen LogP contribution in [0, 0.1) is 0 Å². The molecule has 0 aliphatic carbocycles. The van der Waals surface area contributed by atoms with Crippen LogP contribution < -0.4 is 14.4 Å². The van der Waals surface area contributed by atoms with Crippen molar-refractivity contribution in [3.8, 4) is 5.75 Å². The molecule has 1 amide bonds. The molecule has 0 aromatic heterocycles. The van der Waals surface area contributed by atoms with Crippen molar-refractivity contribution in [2.24, 2.45) is 0 Å². The number of hydrogen-bond acceptors (Lipinski definition) is 6. The Labute approximate surface area is 235 Å². The molecule has 0 aliphatic heterocycles. The summed E-state index contributed by atoms with van der Waals surface area (Å²) in [5.74, 6) is -1.10. The smallest absolute Gasteiger partial charge is 0.340 e. The van der Waals surface area contributed by atoms with E-state index in [1.165, 1.54) is 50.4 Å². The van der Waals surface area contributed by atoms with Crippen LogP contribution in [0.5, 0.6) is 5.75 Å². The number of rotatable bonds is 10. The van der Waals surface area contributed by atoms with Gasteiger partial charge in [-0.15, -0.1) is 6.58 Å². The molecule has 0 saturated carbocycles. The second-order valence-corrected chi connectivity index (χ2v) is 10.9. The third-order valence-electron chi connectivity index (χ3n) is 5.24. The predicted molar refractivity (Wildman–Crippen MR) is 149 cm³/mol. The zero-order chi connectivity index (χ0) is 28.0. The normalized spacial score (nSPS) is 11.8. The van der Waals surface area contributed by atoms with Gasteiger partial charge < -0.3 is 14.8 Å².